The number of hydrogen-bond acceptors (Lipinski definition) is 4. The third-order valence-electron chi connectivity index (χ3n) is 2.55. The van der Waals surface area contributed by atoms with Gasteiger partial charge in [0, 0.05) is 18.0 Å². The van der Waals surface area contributed by atoms with Crippen LogP contribution in [-0.4, -0.2) is 16.1 Å². The van der Waals surface area contributed by atoms with E-state index in [-0.39, 0.29) is 6.10 Å². The van der Waals surface area contributed by atoms with Crippen molar-refractivity contribution >= 4 is 11.3 Å². The summed E-state index contributed by atoms with van der Waals surface area (Å²) in [6, 6.07) is 2.06. The molecular formula is C14H18N2OS. The highest BCUT2D eigenvalue weighted by molar-refractivity contribution is 7.13. The van der Waals surface area contributed by atoms with Gasteiger partial charge in [-0.15, -0.1) is 11.3 Å². The summed E-state index contributed by atoms with van der Waals surface area (Å²) in [5.74, 6) is 1.16. The minimum absolute atomic E-state index is 0.151. The van der Waals surface area contributed by atoms with Crippen LogP contribution >= 0.6 is 11.3 Å². The van der Waals surface area contributed by atoms with Crippen LogP contribution in [0.15, 0.2) is 23.8 Å². The molecule has 96 valence electrons. The first-order chi connectivity index (χ1) is 8.58. The molecule has 0 atom stereocenters. The normalized spacial score (nSPS) is 11.2. The Morgan fingerprint density at radius 1 is 1.22 bits per heavy atom. The summed E-state index contributed by atoms with van der Waals surface area (Å²) in [6.07, 6.45) is 3.86. The number of aromatic nitrogens is 2. The molecule has 0 radical (unpaired) electrons. The van der Waals surface area contributed by atoms with Crippen molar-refractivity contribution in [1.29, 1.82) is 0 Å². The SMILES string of the molecule is CC(C)Oc1csc(-c2cnccc2C(C)C)n1. The Bertz CT molecular complexity index is 520. The lowest BCUT2D eigenvalue weighted by Gasteiger charge is -2.09. The lowest BCUT2D eigenvalue weighted by atomic mass is 10.00. The number of rotatable bonds is 4. The molecule has 0 unspecified atom stereocenters. The first-order valence-electron chi connectivity index (χ1n) is 6.14. The minimum atomic E-state index is 0.151. The van der Waals surface area contributed by atoms with Crippen LogP contribution in [0.4, 0.5) is 0 Å². The fraction of sp³-hybridized carbons (Fsp3) is 0.429. The lowest BCUT2D eigenvalue weighted by molar-refractivity contribution is 0.234. The van der Waals surface area contributed by atoms with Crippen molar-refractivity contribution in [2.75, 3.05) is 0 Å². The molecular weight excluding hydrogens is 244 g/mol. The van der Waals surface area contributed by atoms with Gasteiger partial charge in [-0.05, 0) is 31.4 Å². The van der Waals surface area contributed by atoms with Crippen LogP contribution in [0.5, 0.6) is 5.88 Å². The summed E-state index contributed by atoms with van der Waals surface area (Å²) in [5, 5.41) is 2.93. The predicted octanol–water partition coefficient (Wildman–Crippen LogP) is 4.12. The van der Waals surface area contributed by atoms with Gasteiger partial charge in [0.15, 0.2) is 0 Å². The standard InChI is InChI=1S/C14H18N2OS/c1-9(2)11-5-6-15-7-12(11)14-16-13(8-18-14)17-10(3)4/h5-10H,1-4H3. The van der Waals surface area contributed by atoms with Crippen LogP contribution < -0.4 is 4.74 Å². The molecule has 0 bridgehead atoms. The molecule has 2 aromatic heterocycles. The highest BCUT2D eigenvalue weighted by Crippen LogP contribution is 2.32. The zero-order valence-corrected chi connectivity index (χ0v) is 12.0. The van der Waals surface area contributed by atoms with Crippen molar-refractivity contribution in [2.24, 2.45) is 0 Å². The third kappa shape index (κ3) is 2.88. The molecule has 18 heavy (non-hydrogen) atoms. The molecule has 3 nitrogen and oxygen atoms in total. The monoisotopic (exact) mass is 262 g/mol. The maximum absolute atomic E-state index is 5.60. The average molecular weight is 262 g/mol. The Labute approximate surface area is 112 Å². The first-order valence-corrected chi connectivity index (χ1v) is 7.02. The Kier molecular flexibility index (Phi) is 3.97. The van der Waals surface area contributed by atoms with Gasteiger partial charge in [-0.25, -0.2) is 4.98 Å². The molecule has 0 aromatic carbocycles. The summed E-state index contributed by atoms with van der Waals surface area (Å²) in [6.45, 7) is 8.36. The smallest absolute Gasteiger partial charge is 0.225 e. The van der Waals surface area contributed by atoms with Crippen LogP contribution in [-0.2, 0) is 0 Å². The zero-order chi connectivity index (χ0) is 13.1. The molecule has 0 spiro atoms. The van der Waals surface area contributed by atoms with Crippen LogP contribution in [0.2, 0.25) is 0 Å². The Hall–Kier alpha value is -1.42. The fourth-order valence-electron chi connectivity index (χ4n) is 1.77. The van der Waals surface area contributed by atoms with E-state index in [2.05, 4.69) is 29.9 Å². The quantitative estimate of drug-likeness (QED) is 0.831. The number of ether oxygens (including phenoxy) is 1. The van der Waals surface area contributed by atoms with E-state index in [9.17, 15) is 0 Å². The van der Waals surface area contributed by atoms with Crippen LogP contribution in [0.3, 0.4) is 0 Å². The van der Waals surface area contributed by atoms with Gasteiger partial charge in [0.05, 0.1) is 11.5 Å². The molecule has 0 saturated heterocycles. The second-order valence-electron chi connectivity index (χ2n) is 4.78. The summed E-state index contributed by atoms with van der Waals surface area (Å²) in [5.41, 5.74) is 2.38. The molecule has 0 aliphatic carbocycles. The van der Waals surface area contributed by atoms with Crippen molar-refractivity contribution in [3.05, 3.63) is 29.4 Å². The van der Waals surface area contributed by atoms with Crippen LogP contribution in [0, 0.1) is 0 Å². The summed E-state index contributed by atoms with van der Waals surface area (Å²) >= 11 is 1.60. The zero-order valence-electron chi connectivity index (χ0n) is 11.2. The Morgan fingerprint density at radius 3 is 2.67 bits per heavy atom. The van der Waals surface area contributed by atoms with Crippen molar-refractivity contribution in [3.63, 3.8) is 0 Å². The molecule has 4 heteroatoms. The molecule has 0 aliphatic heterocycles. The van der Waals surface area contributed by atoms with Crippen molar-refractivity contribution in [2.45, 2.75) is 39.7 Å². The van der Waals surface area contributed by atoms with Crippen molar-refractivity contribution in [1.82, 2.24) is 9.97 Å². The number of pyridine rings is 1. The molecule has 0 amide bonds. The molecule has 0 N–H and O–H groups in total. The molecule has 2 aromatic rings. The first kappa shape index (κ1) is 13.0. The molecule has 2 rings (SSSR count). The summed E-state index contributed by atoms with van der Waals surface area (Å²) in [7, 11) is 0. The van der Waals surface area contributed by atoms with Gasteiger partial charge in [0.1, 0.15) is 5.01 Å². The van der Waals surface area contributed by atoms with Gasteiger partial charge in [0.2, 0.25) is 5.88 Å². The highest BCUT2D eigenvalue weighted by Gasteiger charge is 2.13. The van der Waals surface area contributed by atoms with Gasteiger partial charge < -0.3 is 4.74 Å². The van der Waals surface area contributed by atoms with Crippen LogP contribution in [0.1, 0.15) is 39.2 Å². The molecule has 2 heterocycles. The number of thiazole rings is 1. The maximum atomic E-state index is 5.60. The Morgan fingerprint density at radius 2 is 2.00 bits per heavy atom. The van der Waals surface area contributed by atoms with Gasteiger partial charge >= 0.3 is 0 Å². The molecule has 0 aliphatic rings. The number of hydrogen-bond donors (Lipinski definition) is 0. The van der Waals surface area contributed by atoms with Gasteiger partial charge in [-0.2, -0.15) is 0 Å². The lowest BCUT2D eigenvalue weighted by Crippen LogP contribution is -2.05. The predicted molar refractivity (Wildman–Crippen MR) is 75.2 cm³/mol. The van der Waals surface area contributed by atoms with E-state index < -0.39 is 0 Å². The molecule has 0 saturated carbocycles. The molecule has 0 fully saturated rings. The largest absolute Gasteiger partial charge is 0.474 e. The summed E-state index contributed by atoms with van der Waals surface area (Å²) in [4.78, 5) is 8.72. The Balaban J connectivity index is 2.34. The van der Waals surface area contributed by atoms with Crippen molar-refractivity contribution < 1.29 is 4.74 Å². The van der Waals surface area contributed by atoms with E-state index in [1.54, 1.807) is 11.3 Å². The van der Waals surface area contributed by atoms with Gasteiger partial charge in [-0.1, -0.05) is 13.8 Å². The third-order valence-corrected chi connectivity index (χ3v) is 3.40. The topological polar surface area (TPSA) is 35.0 Å². The summed E-state index contributed by atoms with van der Waals surface area (Å²) < 4.78 is 5.60. The fourth-order valence-corrected chi connectivity index (χ4v) is 2.53. The van der Waals surface area contributed by atoms with E-state index in [0.717, 1.165) is 10.6 Å². The van der Waals surface area contributed by atoms with E-state index in [1.807, 2.05) is 31.6 Å². The van der Waals surface area contributed by atoms with Gasteiger partial charge in [0.25, 0.3) is 0 Å². The van der Waals surface area contributed by atoms with E-state index >= 15 is 0 Å². The van der Waals surface area contributed by atoms with E-state index in [4.69, 9.17) is 4.74 Å². The second-order valence-corrected chi connectivity index (χ2v) is 5.63. The average Bonchev–Trinajstić information content (AvgIpc) is 2.76. The van der Waals surface area contributed by atoms with Crippen molar-refractivity contribution in [3.8, 4) is 16.5 Å². The highest BCUT2D eigenvalue weighted by atomic mass is 32.1. The maximum Gasteiger partial charge on any atom is 0.225 e. The van der Waals surface area contributed by atoms with Gasteiger partial charge in [-0.3, -0.25) is 4.98 Å². The van der Waals surface area contributed by atoms with Crippen LogP contribution in [0.25, 0.3) is 10.6 Å². The number of nitrogens with zero attached hydrogens (tertiary/aromatic N) is 2. The second kappa shape index (κ2) is 5.48. The van der Waals surface area contributed by atoms with E-state index in [1.165, 1.54) is 5.56 Å². The minimum Gasteiger partial charge on any atom is -0.474 e. The van der Waals surface area contributed by atoms with E-state index in [0.29, 0.717) is 11.8 Å².